The van der Waals surface area contributed by atoms with Gasteiger partial charge in [0.25, 0.3) is 0 Å². The minimum Gasteiger partial charge on any atom is -0.344 e. The van der Waals surface area contributed by atoms with Crippen molar-refractivity contribution in [1.29, 1.82) is 0 Å². The Bertz CT molecular complexity index is 190. The summed E-state index contributed by atoms with van der Waals surface area (Å²) in [6, 6.07) is 0. The second-order valence-electron chi connectivity index (χ2n) is 1.49. The molecular formula is CH17ClN4O6P2. The van der Waals surface area contributed by atoms with Crippen molar-refractivity contribution in [3.8, 4) is 0 Å². The summed E-state index contributed by atoms with van der Waals surface area (Å²) < 4.78 is 20.1. The van der Waals surface area contributed by atoms with Crippen LogP contribution in [0.15, 0.2) is 0 Å². The smallest absolute Gasteiger partial charge is 0.344 e. The van der Waals surface area contributed by atoms with Crippen LogP contribution < -0.4 is 24.6 Å². The Morgan fingerprint density at radius 1 is 0.786 bits per heavy atom. The van der Waals surface area contributed by atoms with Crippen molar-refractivity contribution in [2.24, 2.45) is 0 Å². The summed E-state index contributed by atoms with van der Waals surface area (Å²) in [6.45, 7) is 0. The zero-order valence-corrected chi connectivity index (χ0v) is 9.83. The molecule has 0 saturated heterocycles. The largest absolute Gasteiger partial charge is 0.355 e. The first-order chi connectivity index (χ1) is 4.15. The van der Waals surface area contributed by atoms with E-state index in [9.17, 15) is 9.13 Å². The molecule has 13 heteroatoms. The number of alkyl halides is 1. The lowest BCUT2D eigenvalue weighted by molar-refractivity contribution is 0.351. The SMILES string of the molecule is N.N.N.N.O=P(O)(O)C(Cl)P(=O)(O)O. The van der Waals surface area contributed by atoms with Gasteiger partial charge in [0.05, 0.1) is 0 Å². The summed E-state index contributed by atoms with van der Waals surface area (Å²) in [6.07, 6.45) is 0. The summed E-state index contributed by atoms with van der Waals surface area (Å²) in [5, 5.41) is 0. The van der Waals surface area contributed by atoms with Crippen LogP contribution in [0.25, 0.3) is 0 Å². The molecular weight excluding hydrogens is 261 g/mol. The Kier molecular flexibility index (Phi) is 18.2. The molecule has 16 N–H and O–H groups in total. The van der Waals surface area contributed by atoms with Crippen molar-refractivity contribution >= 4 is 26.8 Å². The van der Waals surface area contributed by atoms with Crippen molar-refractivity contribution in [2.45, 2.75) is 4.86 Å². The van der Waals surface area contributed by atoms with Gasteiger partial charge in [0.1, 0.15) is 0 Å². The molecule has 0 rings (SSSR count). The fraction of sp³-hybridized carbons (Fsp3) is 1.00. The first kappa shape index (κ1) is 29.3. The van der Waals surface area contributed by atoms with E-state index in [4.69, 9.17) is 31.2 Å². The summed E-state index contributed by atoms with van der Waals surface area (Å²) in [5.41, 5.74) is 0. The van der Waals surface area contributed by atoms with Gasteiger partial charge >= 0.3 is 15.2 Å². The van der Waals surface area contributed by atoms with Gasteiger partial charge in [-0.15, -0.1) is 0 Å². The van der Waals surface area contributed by atoms with Crippen LogP contribution in [0.2, 0.25) is 0 Å². The standard InChI is InChI=1S/CH5ClO6P2.4H3N/c2-1(9(3,4)5)10(6,7)8;;;;/h1H,(H2,3,4,5)(H2,6,7,8);4*1H3. The lowest BCUT2D eigenvalue weighted by Gasteiger charge is -2.11. The second-order valence-corrected chi connectivity index (χ2v) is 6.33. The van der Waals surface area contributed by atoms with Gasteiger partial charge < -0.3 is 44.2 Å². The Labute approximate surface area is 85.7 Å². The van der Waals surface area contributed by atoms with Crippen LogP contribution >= 0.6 is 26.8 Å². The Balaban J connectivity index is -0.0000000675. The fourth-order valence-corrected chi connectivity index (χ4v) is 1.76. The summed E-state index contributed by atoms with van der Waals surface area (Å²) in [5.74, 6) is 0. The molecule has 14 heavy (non-hydrogen) atoms. The molecule has 0 bridgehead atoms. The van der Waals surface area contributed by atoms with Gasteiger partial charge in [0.2, 0.25) is 4.86 Å². The predicted molar refractivity (Wildman–Crippen MR) is 53.8 cm³/mol. The first-order valence-electron chi connectivity index (χ1n) is 1.90. The third kappa shape index (κ3) is 10.5. The van der Waals surface area contributed by atoms with E-state index in [2.05, 4.69) is 0 Å². The highest BCUT2D eigenvalue weighted by Gasteiger charge is 2.41. The van der Waals surface area contributed by atoms with Gasteiger partial charge in [0, 0.05) is 0 Å². The average Bonchev–Trinajstić information content (AvgIpc) is 1.59. The van der Waals surface area contributed by atoms with E-state index in [0.717, 1.165) is 0 Å². The maximum Gasteiger partial charge on any atom is 0.355 e. The normalized spacial score (nSPS) is 10.1. The molecule has 0 aliphatic carbocycles. The predicted octanol–water partition coefficient (Wildman–Crippen LogP) is 0.512. The van der Waals surface area contributed by atoms with Gasteiger partial charge in [-0.25, -0.2) is 0 Å². The van der Waals surface area contributed by atoms with Gasteiger partial charge in [-0.1, -0.05) is 11.6 Å². The molecule has 0 spiro atoms. The van der Waals surface area contributed by atoms with Crippen LogP contribution in [0.5, 0.6) is 0 Å². The number of hydrogen-bond acceptors (Lipinski definition) is 6. The van der Waals surface area contributed by atoms with Crippen LogP contribution in [0.4, 0.5) is 0 Å². The van der Waals surface area contributed by atoms with Crippen molar-refractivity contribution in [2.75, 3.05) is 0 Å². The van der Waals surface area contributed by atoms with Crippen molar-refractivity contribution < 1.29 is 28.7 Å². The number of rotatable bonds is 2. The van der Waals surface area contributed by atoms with Gasteiger partial charge in [-0.05, 0) is 0 Å². The zero-order chi connectivity index (χ0) is 8.58. The van der Waals surface area contributed by atoms with E-state index < -0.39 is 20.1 Å². The number of halogens is 1. The quantitative estimate of drug-likeness (QED) is 0.256. The minimum absolute atomic E-state index is 0. The zero-order valence-electron chi connectivity index (χ0n) is 7.28. The molecule has 0 unspecified atom stereocenters. The highest BCUT2D eigenvalue weighted by Crippen LogP contribution is 2.61. The molecule has 0 aliphatic rings. The van der Waals surface area contributed by atoms with Crippen LogP contribution in [-0.4, -0.2) is 24.4 Å². The lowest BCUT2D eigenvalue weighted by Crippen LogP contribution is -1.99. The minimum atomic E-state index is -4.88. The Morgan fingerprint density at radius 2 is 0.929 bits per heavy atom. The third-order valence-electron chi connectivity index (χ3n) is 0.555. The molecule has 0 aromatic carbocycles. The maximum atomic E-state index is 10.0. The van der Waals surface area contributed by atoms with Crippen molar-refractivity contribution in [1.82, 2.24) is 24.6 Å². The molecule has 0 heterocycles. The van der Waals surface area contributed by atoms with Crippen LogP contribution in [-0.2, 0) is 9.13 Å². The second kappa shape index (κ2) is 8.72. The van der Waals surface area contributed by atoms with Crippen LogP contribution in [0, 0.1) is 0 Å². The molecule has 0 amide bonds. The highest BCUT2D eigenvalue weighted by molar-refractivity contribution is 7.73. The van der Waals surface area contributed by atoms with Gasteiger partial charge in [-0.2, -0.15) is 0 Å². The molecule has 0 radical (unpaired) electrons. The van der Waals surface area contributed by atoms with Gasteiger partial charge in [0.15, 0.2) is 0 Å². The molecule has 0 saturated carbocycles. The summed E-state index contributed by atoms with van der Waals surface area (Å²) >= 11 is 4.71. The van der Waals surface area contributed by atoms with E-state index in [0.29, 0.717) is 0 Å². The number of hydrogen-bond donors (Lipinski definition) is 8. The van der Waals surface area contributed by atoms with E-state index in [1.165, 1.54) is 0 Å². The third-order valence-corrected chi connectivity index (χ3v) is 5.00. The molecule has 0 fully saturated rings. The average molecular weight is 279 g/mol. The van der Waals surface area contributed by atoms with E-state index >= 15 is 0 Å². The molecule has 0 aliphatic heterocycles. The molecule has 0 aromatic heterocycles. The topological polar surface area (TPSA) is 255 Å². The fourth-order valence-electron chi connectivity index (χ4n) is 0.196. The van der Waals surface area contributed by atoms with E-state index in [1.54, 1.807) is 0 Å². The summed E-state index contributed by atoms with van der Waals surface area (Å²) in [7, 11) is -9.75. The Morgan fingerprint density at radius 3 is 0.929 bits per heavy atom. The van der Waals surface area contributed by atoms with Crippen LogP contribution in [0.1, 0.15) is 0 Å². The molecule has 10 nitrogen and oxygen atoms in total. The molecule has 0 aromatic rings. The first-order valence-corrected chi connectivity index (χ1v) is 5.70. The Hall–Kier alpha value is 0.430. The van der Waals surface area contributed by atoms with Gasteiger partial charge in [-0.3, -0.25) is 9.13 Å². The van der Waals surface area contributed by atoms with E-state index in [-0.39, 0.29) is 24.6 Å². The molecule has 94 valence electrons. The monoisotopic (exact) mass is 278 g/mol. The van der Waals surface area contributed by atoms with Crippen molar-refractivity contribution in [3.63, 3.8) is 0 Å². The summed E-state index contributed by atoms with van der Waals surface area (Å²) in [4.78, 5) is 30.0. The van der Waals surface area contributed by atoms with E-state index in [1.807, 2.05) is 0 Å². The highest BCUT2D eigenvalue weighted by atomic mass is 35.5. The lowest BCUT2D eigenvalue weighted by atomic mass is 11.9. The van der Waals surface area contributed by atoms with Crippen molar-refractivity contribution in [3.05, 3.63) is 0 Å². The maximum absolute atomic E-state index is 10.0. The molecule has 0 atom stereocenters. The van der Waals surface area contributed by atoms with Crippen LogP contribution in [0.3, 0.4) is 0 Å².